The van der Waals surface area contributed by atoms with Crippen LogP contribution in [0.1, 0.15) is 0 Å². The number of methoxy groups -OCH3 is 1. The standard InChI is InChI=1S/C4H6ClF3O/c1-9-2-4(7,8)3(5)6/h3H,2H2,1H3. The average Bonchev–Trinajstić information content (AvgIpc) is 1.65. The van der Waals surface area contributed by atoms with E-state index in [9.17, 15) is 13.2 Å². The van der Waals surface area contributed by atoms with Crippen LogP contribution in [-0.4, -0.2) is 25.3 Å². The molecule has 0 rings (SSSR count). The molecule has 0 aliphatic heterocycles. The minimum absolute atomic E-state index is 0.988. The number of hydrogen-bond donors (Lipinski definition) is 0. The third-order valence-electron chi connectivity index (χ3n) is 0.656. The van der Waals surface area contributed by atoms with Gasteiger partial charge in [-0.15, -0.1) is 0 Å². The van der Waals surface area contributed by atoms with Crippen molar-refractivity contribution < 1.29 is 17.9 Å². The number of halogens is 4. The number of ether oxygens (including phenoxy) is 1. The Morgan fingerprint density at radius 1 is 1.67 bits per heavy atom. The lowest BCUT2D eigenvalue weighted by atomic mass is 10.4. The third-order valence-corrected chi connectivity index (χ3v) is 0.975. The molecule has 0 saturated heterocycles. The monoisotopic (exact) mass is 162 g/mol. The van der Waals surface area contributed by atoms with E-state index in [1.807, 2.05) is 0 Å². The first-order valence-corrected chi connectivity index (χ1v) is 2.59. The lowest BCUT2D eigenvalue weighted by molar-refractivity contribution is -0.0921. The molecule has 0 aromatic heterocycles. The smallest absolute Gasteiger partial charge is 0.315 e. The molecule has 0 N–H and O–H groups in total. The molecule has 0 aromatic carbocycles. The number of alkyl halides is 4. The van der Waals surface area contributed by atoms with E-state index in [2.05, 4.69) is 16.3 Å². The molecule has 0 aliphatic carbocycles. The first-order valence-electron chi connectivity index (χ1n) is 2.15. The second kappa shape index (κ2) is 3.27. The summed E-state index contributed by atoms with van der Waals surface area (Å²) in [5, 5.41) is 0. The van der Waals surface area contributed by atoms with Gasteiger partial charge in [-0.3, -0.25) is 0 Å². The summed E-state index contributed by atoms with van der Waals surface area (Å²) in [7, 11) is 1.05. The van der Waals surface area contributed by atoms with Gasteiger partial charge in [-0.05, 0) is 0 Å². The molecule has 5 heteroatoms. The highest BCUT2D eigenvalue weighted by molar-refractivity contribution is 6.20. The zero-order valence-corrected chi connectivity index (χ0v) is 5.46. The van der Waals surface area contributed by atoms with Gasteiger partial charge in [-0.1, -0.05) is 11.6 Å². The first-order chi connectivity index (χ1) is 4.00. The topological polar surface area (TPSA) is 9.23 Å². The van der Waals surface area contributed by atoms with E-state index in [1.165, 1.54) is 0 Å². The third kappa shape index (κ3) is 2.91. The number of hydrogen-bond acceptors (Lipinski definition) is 1. The van der Waals surface area contributed by atoms with Crippen LogP contribution in [0.2, 0.25) is 0 Å². The summed E-state index contributed by atoms with van der Waals surface area (Å²) in [5.41, 5.74) is -2.67. The van der Waals surface area contributed by atoms with Crippen LogP contribution in [0, 0.1) is 0 Å². The molecule has 0 aliphatic rings. The maximum atomic E-state index is 11.9. The van der Waals surface area contributed by atoms with Gasteiger partial charge in [-0.2, -0.15) is 8.78 Å². The quantitative estimate of drug-likeness (QED) is 0.575. The Morgan fingerprint density at radius 3 is 2.22 bits per heavy atom. The molecule has 0 fully saturated rings. The van der Waals surface area contributed by atoms with Crippen molar-refractivity contribution >= 4 is 11.6 Å². The Kier molecular flexibility index (Phi) is 3.28. The number of rotatable bonds is 3. The second-order valence-corrected chi connectivity index (χ2v) is 1.88. The van der Waals surface area contributed by atoms with Crippen LogP contribution in [-0.2, 0) is 4.74 Å². The molecule has 0 aromatic rings. The maximum absolute atomic E-state index is 11.9. The molecule has 9 heavy (non-hydrogen) atoms. The summed E-state index contributed by atoms with van der Waals surface area (Å²) < 4.78 is 39.4. The van der Waals surface area contributed by atoms with Crippen LogP contribution in [0.25, 0.3) is 0 Å². The van der Waals surface area contributed by atoms with Crippen LogP contribution in [0.4, 0.5) is 13.2 Å². The van der Waals surface area contributed by atoms with Gasteiger partial charge >= 0.3 is 5.92 Å². The molecule has 0 amide bonds. The molecule has 0 bridgehead atoms. The van der Waals surface area contributed by atoms with E-state index in [4.69, 9.17) is 0 Å². The van der Waals surface area contributed by atoms with Crippen molar-refractivity contribution in [2.24, 2.45) is 0 Å². The Labute approximate surface area is 55.7 Å². The summed E-state index contributed by atoms with van der Waals surface area (Å²) in [6.45, 7) is -0.988. The van der Waals surface area contributed by atoms with Gasteiger partial charge < -0.3 is 4.74 Å². The zero-order chi connectivity index (χ0) is 7.49. The summed E-state index contributed by atoms with van der Waals surface area (Å²) in [6.07, 6.45) is 0. The molecule has 1 atom stereocenters. The molecule has 0 radical (unpaired) electrons. The van der Waals surface area contributed by atoms with E-state index in [1.54, 1.807) is 0 Å². The lowest BCUT2D eigenvalue weighted by Crippen LogP contribution is -2.30. The predicted octanol–water partition coefficient (Wildman–Crippen LogP) is 1.80. The summed E-state index contributed by atoms with van der Waals surface area (Å²) in [6, 6.07) is 0. The van der Waals surface area contributed by atoms with Crippen LogP contribution in [0.15, 0.2) is 0 Å². The van der Waals surface area contributed by atoms with Crippen molar-refractivity contribution in [2.45, 2.75) is 11.6 Å². The maximum Gasteiger partial charge on any atom is 0.315 e. The minimum atomic E-state index is -3.57. The fourth-order valence-corrected chi connectivity index (χ4v) is 0.318. The highest BCUT2D eigenvalue weighted by atomic mass is 35.5. The van der Waals surface area contributed by atoms with E-state index >= 15 is 0 Å². The van der Waals surface area contributed by atoms with Gasteiger partial charge in [0.2, 0.25) is 5.63 Å². The van der Waals surface area contributed by atoms with Gasteiger partial charge in [-0.25, -0.2) is 4.39 Å². The van der Waals surface area contributed by atoms with E-state index in [0.29, 0.717) is 0 Å². The summed E-state index contributed by atoms with van der Waals surface area (Å²) in [5.74, 6) is -3.57. The molecule has 0 saturated carbocycles. The van der Waals surface area contributed by atoms with Crippen molar-refractivity contribution in [1.82, 2.24) is 0 Å². The van der Waals surface area contributed by atoms with Gasteiger partial charge in [0.05, 0.1) is 0 Å². The lowest BCUT2D eigenvalue weighted by Gasteiger charge is -2.13. The van der Waals surface area contributed by atoms with E-state index < -0.39 is 18.2 Å². The van der Waals surface area contributed by atoms with Crippen molar-refractivity contribution in [1.29, 1.82) is 0 Å². The molecular formula is C4H6ClF3O. The normalized spacial score (nSPS) is 15.7. The van der Waals surface area contributed by atoms with Crippen molar-refractivity contribution in [3.63, 3.8) is 0 Å². The second-order valence-electron chi connectivity index (χ2n) is 1.49. The van der Waals surface area contributed by atoms with Crippen molar-refractivity contribution in [3.8, 4) is 0 Å². The Bertz CT molecular complexity index is 85.9. The van der Waals surface area contributed by atoms with Gasteiger partial charge in [0, 0.05) is 7.11 Å². The average molecular weight is 163 g/mol. The van der Waals surface area contributed by atoms with Crippen molar-refractivity contribution in [3.05, 3.63) is 0 Å². The van der Waals surface area contributed by atoms with Gasteiger partial charge in [0.25, 0.3) is 0 Å². The van der Waals surface area contributed by atoms with E-state index in [-0.39, 0.29) is 0 Å². The Balaban J connectivity index is 3.70. The van der Waals surface area contributed by atoms with Crippen LogP contribution in [0.5, 0.6) is 0 Å². The molecule has 0 spiro atoms. The summed E-state index contributed by atoms with van der Waals surface area (Å²) in [4.78, 5) is 0. The Morgan fingerprint density at radius 2 is 2.11 bits per heavy atom. The predicted molar refractivity (Wildman–Crippen MR) is 27.6 cm³/mol. The fraction of sp³-hybridized carbons (Fsp3) is 1.00. The molecule has 56 valence electrons. The van der Waals surface area contributed by atoms with E-state index in [0.717, 1.165) is 7.11 Å². The van der Waals surface area contributed by atoms with Crippen LogP contribution >= 0.6 is 11.6 Å². The van der Waals surface area contributed by atoms with Crippen molar-refractivity contribution in [2.75, 3.05) is 13.7 Å². The summed E-state index contributed by atoms with van der Waals surface area (Å²) >= 11 is 4.45. The molecule has 1 unspecified atom stereocenters. The highest BCUT2D eigenvalue weighted by Gasteiger charge is 2.38. The van der Waals surface area contributed by atoms with Gasteiger partial charge in [0.1, 0.15) is 6.61 Å². The highest BCUT2D eigenvalue weighted by Crippen LogP contribution is 2.24. The minimum Gasteiger partial charge on any atom is -0.378 e. The Hall–Kier alpha value is 0.0400. The van der Waals surface area contributed by atoms with Crippen LogP contribution < -0.4 is 0 Å². The van der Waals surface area contributed by atoms with Crippen LogP contribution in [0.3, 0.4) is 0 Å². The molecule has 0 heterocycles. The molecule has 1 nitrogen and oxygen atoms in total. The zero-order valence-electron chi connectivity index (χ0n) is 4.70. The first kappa shape index (κ1) is 9.04. The SMILES string of the molecule is COCC(F)(F)C(F)Cl. The fourth-order valence-electron chi connectivity index (χ4n) is 0.255. The molecular weight excluding hydrogens is 156 g/mol. The largest absolute Gasteiger partial charge is 0.378 e. The van der Waals surface area contributed by atoms with Gasteiger partial charge in [0.15, 0.2) is 0 Å².